The maximum atomic E-state index is 12.3. The van der Waals surface area contributed by atoms with E-state index in [9.17, 15) is 9.59 Å². The number of allylic oxidation sites excluding steroid dienone is 2. The Labute approximate surface area is 159 Å². The van der Waals surface area contributed by atoms with E-state index in [1.807, 2.05) is 13.0 Å². The summed E-state index contributed by atoms with van der Waals surface area (Å²) < 4.78 is 3.14. The van der Waals surface area contributed by atoms with E-state index in [-0.39, 0.29) is 0 Å². The van der Waals surface area contributed by atoms with Crippen LogP contribution in [0.1, 0.15) is 18.1 Å². The predicted molar refractivity (Wildman–Crippen MR) is 106 cm³/mol. The zero-order valence-electron chi connectivity index (χ0n) is 14.7. The van der Waals surface area contributed by atoms with Crippen LogP contribution in [0.4, 0.5) is 0 Å². The van der Waals surface area contributed by atoms with Crippen LogP contribution in [-0.2, 0) is 19.3 Å². The average Bonchev–Trinajstić information content (AvgIpc) is 2.96. The fourth-order valence-electron chi connectivity index (χ4n) is 2.54. The summed E-state index contributed by atoms with van der Waals surface area (Å²) >= 11 is 7.48. The molecule has 1 aromatic carbocycles. The summed E-state index contributed by atoms with van der Waals surface area (Å²) in [6.45, 7) is 4.23. The maximum absolute atomic E-state index is 12.3. The molecule has 0 aliphatic carbocycles. The molecule has 2 aromatic heterocycles. The standard InChI is InChI=1S/C18H19ClN4O2S/c1-11-4-6-13(7-5-11)10-26-18-20-15-14(23(18)9-8-12(2)19)16(24)21-17(25)22(15)3/h4-8H,9-10H2,1-3H3,(H,21,24,25)/b12-8-. The number of benzene rings is 1. The van der Waals surface area contributed by atoms with Crippen LogP contribution in [0.5, 0.6) is 0 Å². The van der Waals surface area contributed by atoms with Crippen molar-refractivity contribution in [3.05, 3.63) is 67.3 Å². The number of imidazole rings is 1. The van der Waals surface area contributed by atoms with E-state index in [1.165, 1.54) is 21.9 Å². The number of nitrogens with one attached hydrogen (secondary N) is 1. The predicted octanol–water partition coefficient (Wildman–Crippen LogP) is 3.17. The summed E-state index contributed by atoms with van der Waals surface area (Å²) in [5.74, 6) is 0.707. The topological polar surface area (TPSA) is 72.7 Å². The molecule has 2 heterocycles. The van der Waals surface area contributed by atoms with Gasteiger partial charge in [-0.3, -0.25) is 14.3 Å². The molecular weight excluding hydrogens is 372 g/mol. The molecule has 3 rings (SSSR count). The molecule has 0 aliphatic rings. The lowest BCUT2D eigenvalue weighted by molar-refractivity contribution is 0.742. The first kappa shape index (κ1) is 18.5. The second-order valence-electron chi connectivity index (χ2n) is 6.06. The number of H-pyrrole nitrogens is 1. The third-order valence-electron chi connectivity index (χ3n) is 4.02. The van der Waals surface area contributed by atoms with Gasteiger partial charge >= 0.3 is 5.69 Å². The fraction of sp³-hybridized carbons (Fsp3) is 0.278. The fourth-order valence-corrected chi connectivity index (χ4v) is 3.57. The second-order valence-corrected chi connectivity index (χ2v) is 7.60. The Morgan fingerprint density at radius 3 is 2.65 bits per heavy atom. The first-order valence-electron chi connectivity index (χ1n) is 8.07. The van der Waals surface area contributed by atoms with E-state index in [4.69, 9.17) is 11.6 Å². The smallest absolute Gasteiger partial charge is 0.309 e. The first-order valence-corrected chi connectivity index (χ1v) is 9.43. The molecule has 0 bridgehead atoms. The van der Waals surface area contributed by atoms with Crippen molar-refractivity contribution in [3.8, 4) is 0 Å². The van der Waals surface area contributed by atoms with Crippen LogP contribution in [0.3, 0.4) is 0 Å². The minimum atomic E-state index is -0.480. The Balaban J connectivity index is 2.06. The molecule has 0 radical (unpaired) electrons. The van der Waals surface area contributed by atoms with E-state index in [2.05, 4.69) is 34.2 Å². The largest absolute Gasteiger partial charge is 0.329 e. The van der Waals surface area contributed by atoms with Gasteiger partial charge in [-0.2, -0.15) is 0 Å². The Kier molecular flexibility index (Phi) is 5.38. The van der Waals surface area contributed by atoms with Gasteiger partial charge in [-0.1, -0.05) is 59.3 Å². The summed E-state index contributed by atoms with van der Waals surface area (Å²) in [7, 11) is 1.59. The van der Waals surface area contributed by atoms with Gasteiger partial charge in [0.2, 0.25) is 0 Å². The Hall–Kier alpha value is -2.25. The number of rotatable bonds is 5. The normalized spacial score (nSPS) is 12.1. The minimum absolute atomic E-state index is 0.366. The second kappa shape index (κ2) is 7.55. The highest BCUT2D eigenvalue weighted by atomic mass is 35.5. The van der Waals surface area contributed by atoms with Crippen LogP contribution in [0.25, 0.3) is 11.2 Å². The molecule has 0 saturated heterocycles. The molecule has 0 saturated carbocycles. The minimum Gasteiger partial charge on any atom is -0.309 e. The van der Waals surface area contributed by atoms with Crippen LogP contribution in [-0.4, -0.2) is 19.1 Å². The van der Waals surface area contributed by atoms with Crippen molar-refractivity contribution >= 4 is 34.5 Å². The highest BCUT2D eigenvalue weighted by molar-refractivity contribution is 7.98. The summed E-state index contributed by atoms with van der Waals surface area (Å²) in [5, 5.41) is 1.30. The lowest BCUT2D eigenvalue weighted by Crippen LogP contribution is -2.29. The highest BCUT2D eigenvalue weighted by Gasteiger charge is 2.17. The summed E-state index contributed by atoms with van der Waals surface area (Å²) in [4.78, 5) is 31.1. The van der Waals surface area contributed by atoms with Gasteiger partial charge in [-0.05, 0) is 19.4 Å². The SMILES string of the molecule is C/C(Cl)=C/Cn1c(SCc2ccc(C)cc2)nc2c1c(=O)[nH]c(=O)n2C. The summed E-state index contributed by atoms with van der Waals surface area (Å²) in [5.41, 5.74) is 2.17. The zero-order valence-corrected chi connectivity index (χ0v) is 16.3. The van der Waals surface area contributed by atoms with Crippen molar-refractivity contribution in [1.82, 2.24) is 19.1 Å². The number of hydrogen-bond acceptors (Lipinski definition) is 4. The van der Waals surface area contributed by atoms with Crippen LogP contribution in [0, 0.1) is 6.92 Å². The van der Waals surface area contributed by atoms with E-state index >= 15 is 0 Å². The summed E-state index contributed by atoms with van der Waals surface area (Å²) in [6.07, 6.45) is 1.81. The zero-order chi connectivity index (χ0) is 18.8. The van der Waals surface area contributed by atoms with Crippen LogP contribution in [0.15, 0.2) is 50.1 Å². The number of aromatic nitrogens is 4. The first-order chi connectivity index (χ1) is 12.4. The van der Waals surface area contributed by atoms with Crippen LogP contribution in [0.2, 0.25) is 0 Å². The number of halogens is 1. The molecule has 26 heavy (non-hydrogen) atoms. The molecule has 0 unspecified atom stereocenters. The lowest BCUT2D eigenvalue weighted by atomic mass is 10.2. The molecule has 0 atom stereocenters. The third-order valence-corrected chi connectivity index (χ3v) is 5.22. The van der Waals surface area contributed by atoms with Crippen LogP contribution >= 0.6 is 23.4 Å². The molecule has 3 aromatic rings. The van der Waals surface area contributed by atoms with Crippen molar-refractivity contribution in [2.45, 2.75) is 31.3 Å². The molecule has 136 valence electrons. The highest BCUT2D eigenvalue weighted by Crippen LogP contribution is 2.25. The maximum Gasteiger partial charge on any atom is 0.329 e. The van der Waals surface area contributed by atoms with Crippen molar-refractivity contribution in [3.63, 3.8) is 0 Å². The Morgan fingerprint density at radius 2 is 2.00 bits per heavy atom. The molecule has 6 nitrogen and oxygen atoms in total. The Morgan fingerprint density at radius 1 is 1.31 bits per heavy atom. The van der Waals surface area contributed by atoms with Gasteiger partial charge in [0, 0.05) is 24.4 Å². The van der Waals surface area contributed by atoms with E-state index in [0.29, 0.717) is 33.7 Å². The molecule has 0 aliphatic heterocycles. The van der Waals surface area contributed by atoms with Crippen molar-refractivity contribution < 1.29 is 0 Å². The van der Waals surface area contributed by atoms with E-state index < -0.39 is 11.2 Å². The molecule has 0 amide bonds. The number of hydrogen-bond donors (Lipinski definition) is 1. The Bertz CT molecular complexity index is 1090. The van der Waals surface area contributed by atoms with E-state index in [1.54, 1.807) is 18.5 Å². The van der Waals surface area contributed by atoms with Gasteiger partial charge in [0.05, 0.1) is 0 Å². The van der Waals surface area contributed by atoms with Gasteiger partial charge in [0.15, 0.2) is 16.3 Å². The third kappa shape index (κ3) is 3.78. The number of aromatic amines is 1. The average molecular weight is 391 g/mol. The van der Waals surface area contributed by atoms with Gasteiger partial charge in [0.1, 0.15) is 0 Å². The van der Waals surface area contributed by atoms with Gasteiger partial charge < -0.3 is 4.57 Å². The molecule has 0 spiro atoms. The summed E-state index contributed by atoms with van der Waals surface area (Å²) in [6, 6.07) is 8.27. The number of thioether (sulfide) groups is 1. The number of nitrogens with zero attached hydrogens (tertiary/aromatic N) is 3. The molecular formula is C18H19ClN4O2S. The molecule has 0 fully saturated rings. The van der Waals surface area contributed by atoms with Gasteiger partial charge in [-0.15, -0.1) is 0 Å². The quantitative estimate of drug-likeness (QED) is 0.679. The van der Waals surface area contributed by atoms with Crippen molar-refractivity contribution in [1.29, 1.82) is 0 Å². The van der Waals surface area contributed by atoms with Gasteiger partial charge in [0.25, 0.3) is 5.56 Å². The molecule has 1 N–H and O–H groups in total. The monoisotopic (exact) mass is 390 g/mol. The van der Waals surface area contributed by atoms with Crippen LogP contribution < -0.4 is 11.2 Å². The van der Waals surface area contributed by atoms with Crippen molar-refractivity contribution in [2.75, 3.05) is 0 Å². The van der Waals surface area contributed by atoms with E-state index in [0.717, 1.165) is 5.56 Å². The van der Waals surface area contributed by atoms with Crippen molar-refractivity contribution in [2.24, 2.45) is 7.05 Å². The molecule has 8 heteroatoms. The number of fused-ring (bicyclic) bond motifs is 1. The lowest BCUT2D eigenvalue weighted by Gasteiger charge is -2.06. The van der Waals surface area contributed by atoms with Gasteiger partial charge in [-0.25, -0.2) is 9.78 Å². The number of aryl methyl sites for hydroxylation is 2.